The molecule has 156 valence electrons. The zero-order valence-corrected chi connectivity index (χ0v) is 17.0. The molecule has 1 saturated carbocycles. The second-order valence-corrected chi connectivity index (χ2v) is 8.54. The Morgan fingerprint density at radius 2 is 1.83 bits per heavy atom. The van der Waals surface area contributed by atoms with Gasteiger partial charge in [0.25, 0.3) is 0 Å². The fourth-order valence-electron chi connectivity index (χ4n) is 4.89. The van der Waals surface area contributed by atoms with Crippen molar-refractivity contribution < 1.29 is 23.7 Å². The lowest BCUT2D eigenvalue weighted by Crippen LogP contribution is -2.31. The largest absolute Gasteiger partial charge is 0.494 e. The van der Waals surface area contributed by atoms with Crippen LogP contribution in [0.2, 0.25) is 0 Å². The number of hydrogen-bond acceptors (Lipinski definition) is 5. The average Bonchev–Trinajstić information content (AvgIpc) is 3.41. The van der Waals surface area contributed by atoms with Crippen molar-refractivity contribution in [2.24, 2.45) is 11.3 Å². The molecule has 0 N–H and O–H groups in total. The van der Waals surface area contributed by atoms with Crippen molar-refractivity contribution in [2.75, 3.05) is 20.0 Å². The minimum atomic E-state index is -0.413. The lowest BCUT2D eigenvalue weighted by Gasteiger charge is -2.24. The SMILES string of the molecule is C=C1CC2COC(=O)C2(Cc2ccc(OCCCc3ccc4c(c3)OCO4)cc2)C1. The second kappa shape index (κ2) is 7.71. The van der Waals surface area contributed by atoms with Gasteiger partial charge in [-0.2, -0.15) is 0 Å². The highest BCUT2D eigenvalue weighted by Gasteiger charge is 2.55. The van der Waals surface area contributed by atoms with Crippen molar-refractivity contribution in [3.05, 3.63) is 65.7 Å². The van der Waals surface area contributed by atoms with Crippen molar-refractivity contribution in [2.45, 2.75) is 32.1 Å². The molecule has 2 aromatic rings. The first-order chi connectivity index (χ1) is 14.6. The summed E-state index contributed by atoms with van der Waals surface area (Å²) < 4.78 is 22.1. The number of cyclic esters (lactones) is 1. The van der Waals surface area contributed by atoms with E-state index in [1.807, 2.05) is 24.3 Å². The highest BCUT2D eigenvalue weighted by molar-refractivity contribution is 5.81. The summed E-state index contributed by atoms with van der Waals surface area (Å²) in [5.74, 6) is 2.69. The highest BCUT2D eigenvalue weighted by Crippen LogP contribution is 2.52. The summed E-state index contributed by atoms with van der Waals surface area (Å²) in [4.78, 5) is 12.4. The molecule has 0 amide bonds. The van der Waals surface area contributed by atoms with E-state index in [0.29, 0.717) is 26.4 Å². The molecule has 5 rings (SSSR count). The zero-order valence-electron chi connectivity index (χ0n) is 17.0. The number of fused-ring (bicyclic) bond motifs is 2. The van der Waals surface area contributed by atoms with E-state index in [2.05, 4.69) is 24.8 Å². The maximum atomic E-state index is 12.4. The Morgan fingerprint density at radius 3 is 2.70 bits per heavy atom. The molecule has 5 heteroatoms. The first-order valence-electron chi connectivity index (χ1n) is 10.6. The quantitative estimate of drug-likeness (QED) is 0.386. The molecular weight excluding hydrogens is 380 g/mol. The van der Waals surface area contributed by atoms with E-state index in [9.17, 15) is 4.79 Å². The van der Waals surface area contributed by atoms with Crippen LogP contribution in [0.4, 0.5) is 0 Å². The molecule has 2 unspecified atom stereocenters. The standard InChI is InChI=1S/C25H26O5/c1-17-11-20-15-28-24(26)25(20,13-17)14-19-4-7-21(8-5-19)27-10-2-3-18-6-9-22-23(12-18)30-16-29-22/h4-9,12,20H,1-3,10-11,13-16H2. The van der Waals surface area contributed by atoms with Crippen LogP contribution in [0.15, 0.2) is 54.6 Å². The van der Waals surface area contributed by atoms with Gasteiger partial charge in [-0.1, -0.05) is 30.4 Å². The van der Waals surface area contributed by atoms with Crippen LogP contribution in [0.3, 0.4) is 0 Å². The monoisotopic (exact) mass is 406 g/mol. The molecule has 2 fully saturated rings. The van der Waals surface area contributed by atoms with Crippen molar-refractivity contribution in [1.82, 2.24) is 0 Å². The maximum Gasteiger partial charge on any atom is 0.313 e. The van der Waals surface area contributed by atoms with Crippen molar-refractivity contribution in [3.8, 4) is 17.2 Å². The van der Waals surface area contributed by atoms with Gasteiger partial charge in [0.05, 0.1) is 18.6 Å². The van der Waals surface area contributed by atoms with E-state index in [-0.39, 0.29) is 11.9 Å². The number of ether oxygens (including phenoxy) is 4. The summed E-state index contributed by atoms with van der Waals surface area (Å²) in [6.07, 6.45) is 4.19. The van der Waals surface area contributed by atoms with Gasteiger partial charge in [0, 0.05) is 5.92 Å². The number of esters is 1. The lowest BCUT2D eigenvalue weighted by atomic mass is 9.75. The van der Waals surface area contributed by atoms with Crippen molar-refractivity contribution >= 4 is 5.97 Å². The van der Waals surface area contributed by atoms with E-state index in [1.165, 1.54) is 11.1 Å². The highest BCUT2D eigenvalue weighted by atomic mass is 16.7. The van der Waals surface area contributed by atoms with Crippen LogP contribution in [0, 0.1) is 11.3 Å². The summed E-state index contributed by atoms with van der Waals surface area (Å²) in [5, 5.41) is 0. The van der Waals surface area contributed by atoms with E-state index >= 15 is 0 Å². The fraction of sp³-hybridized carbons (Fsp3) is 0.400. The molecular formula is C25H26O5. The minimum absolute atomic E-state index is 0.0602. The number of benzene rings is 2. The molecule has 30 heavy (non-hydrogen) atoms. The Labute approximate surface area is 176 Å². The number of carbonyl (C=O) groups excluding carboxylic acids is 1. The Balaban J connectivity index is 1.13. The molecule has 2 atom stereocenters. The normalized spacial score (nSPS) is 24.1. The summed E-state index contributed by atoms with van der Waals surface area (Å²) in [6, 6.07) is 14.2. The topological polar surface area (TPSA) is 54.0 Å². The first-order valence-corrected chi connectivity index (χ1v) is 10.6. The maximum absolute atomic E-state index is 12.4. The molecule has 2 heterocycles. The lowest BCUT2D eigenvalue weighted by molar-refractivity contribution is -0.146. The first kappa shape index (κ1) is 19.0. The third-order valence-corrected chi connectivity index (χ3v) is 6.46. The van der Waals surface area contributed by atoms with Crippen LogP contribution in [0.1, 0.15) is 30.4 Å². The molecule has 0 radical (unpaired) electrons. The molecule has 0 spiro atoms. The molecule has 2 aliphatic heterocycles. The number of hydrogen-bond donors (Lipinski definition) is 0. The van der Waals surface area contributed by atoms with Gasteiger partial charge < -0.3 is 18.9 Å². The van der Waals surface area contributed by atoms with Gasteiger partial charge in [-0.15, -0.1) is 0 Å². The number of aryl methyl sites for hydroxylation is 1. The average molecular weight is 406 g/mol. The van der Waals surface area contributed by atoms with Crippen LogP contribution in [-0.2, 0) is 22.4 Å². The van der Waals surface area contributed by atoms with Crippen LogP contribution in [0.25, 0.3) is 0 Å². The van der Waals surface area contributed by atoms with E-state index < -0.39 is 5.41 Å². The number of allylic oxidation sites excluding steroid dienone is 1. The smallest absolute Gasteiger partial charge is 0.313 e. The Morgan fingerprint density at radius 1 is 1.03 bits per heavy atom. The predicted molar refractivity (Wildman–Crippen MR) is 112 cm³/mol. The molecule has 2 aromatic carbocycles. The summed E-state index contributed by atoms with van der Waals surface area (Å²) in [5.41, 5.74) is 3.11. The summed E-state index contributed by atoms with van der Waals surface area (Å²) in [6.45, 7) is 5.59. The molecule has 1 saturated heterocycles. The third kappa shape index (κ3) is 3.53. The van der Waals surface area contributed by atoms with Gasteiger partial charge in [-0.05, 0) is 67.5 Å². The van der Waals surface area contributed by atoms with Crippen molar-refractivity contribution in [3.63, 3.8) is 0 Å². The second-order valence-electron chi connectivity index (χ2n) is 8.54. The van der Waals surface area contributed by atoms with Gasteiger partial charge >= 0.3 is 5.97 Å². The fourth-order valence-corrected chi connectivity index (χ4v) is 4.89. The van der Waals surface area contributed by atoms with Gasteiger partial charge in [0.1, 0.15) is 5.75 Å². The molecule has 3 aliphatic rings. The summed E-state index contributed by atoms with van der Waals surface area (Å²) >= 11 is 0. The Hall–Kier alpha value is -2.95. The van der Waals surface area contributed by atoms with Crippen LogP contribution in [-0.4, -0.2) is 26.0 Å². The van der Waals surface area contributed by atoms with Gasteiger partial charge in [-0.3, -0.25) is 4.79 Å². The zero-order chi connectivity index (χ0) is 20.6. The molecule has 0 aromatic heterocycles. The van der Waals surface area contributed by atoms with E-state index in [4.69, 9.17) is 18.9 Å². The van der Waals surface area contributed by atoms with E-state index in [1.54, 1.807) is 0 Å². The Kier molecular flexibility index (Phi) is 4.89. The van der Waals surface area contributed by atoms with Crippen LogP contribution < -0.4 is 14.2 Å². The van der Waals surface area contributed by atoms with Gasteiger partial charge in [-0.25, -0.2) is 0 Å². The molecule has 5 nitrogen and oxygen atoms in total. The third-order valence-electron chi connectivity index (χ3n) is 6.46. The Bertz CT molecular complexity index is 964. The molecule has 1 aliphatic carbocycles. The van der Waals surface area contributed by atoms with Gasteiger partial charge in [0.2, 0.25) is 6.79 Å². The number of rotatable bonds is 7. The predicted octanol–water partition coefficient (Wildman–Crippen LogP) is 4.48. The minimum Gasteiger partial charge on any atom is -0.494 e. The van der Waals surface area contributed by atoms with Crippen LogP contribution >= 0.6 is 0 Å². The van der Waals surface area contributed by atoms with E-state index in [0.717, 1.165) is 48.5 Å². The summed E-state index contributed by atoms with van der Waals surface area (Å²) in [7, 11) is 0. The van der Waals surface area contributed by atoms with Crippen LogP contribution in [0.5, 0.6) is 17.2 Å². The van der Waals surface area contributed by atoms with Gasteiger partial charge in [0.15, 0.2) is 11.5 Å². The number of carbonyl (C=O) groups is 1. The molecule has 0 bridgehead atoms. The van der Waals surface area contributed by atoms with Crippen molar-refractivity contribution in [1.29, 1.82) is 0 Å².